The maximum absolute atomic E-state index is 13.4. The first-order valence-electron chi connectivity index (χ1n) is 11.6. The number of carbonyl (C=O) groups excluding carboxylic acids is 2. The van der Waals surface area contributed by atoms with Crippen LogP contribution >= 0.6 is 0 Å². The fourth-order valence-electron chi connectivity index (χ4n) is 4.00. The SMILES string of the molecule is O=C(CN(CCN1CCOCC1)C(=O)C1CC1)N(CCc1ccccc1)Cc1ccco1. The minimum atomic E-state index is -0.0340. The summed E-state index contributed by atoms with van der Waals surface area (Å²) in [6, 6.07) is 13.9. The Morgan fingerprint density at radius 2 is 1.75 bits per heavy atom. The van der Waals surface area contributed by atoms with Gasteiger partial charge in [0.2, 0.25) is 11.8 Å². The zero-order valence-electron chi connectivity index (χ0n) is 18.7. The second-order valence-electron chi connectivity index (χ2n) is 8.62. The van der Waals surface area contributed by atoms with Crippen molar-refractivity contribution >= 4 is 11.8 Å². The largest absolute Gasteiger partial charge is 0.467 e. The zero-order chi connectivity index (χ0) is 22.2. The third-order valence-electron chi connectivity index (χ3n) is 6.15. The van der Waals surface area contributed by atoms with E-state index in [4.69, 9.17) is 9.15 Å². The topological polar surface area (TPSA) is 66.2 Å². The molecule has 1 aromatic heterocycles. The molecule has 0 spiro atoms. The number of carbonyl (C=O) groups is 2. The van der Waals surface area contributed by atoms with Crippen molar-refractivity contribution in [3.05, 3.63) is 60.1 Å². The van der Waals surface area contributed by atoms with Gasteiger partial charge in [-0.25, -0.2) is 0 Å². The van der Waals surface area contributed by atoms with E-state index in [-0.39, 0.29) is 24.3 Å². The smallest absolute Gasteiger partial charge is 0.242 e. The maximum atomic E-state index is 13.4. The van der Waals surface area contributed by atoms with Crippen LogP contribution in [0.1, 0.15) is 24.2 Å². The molecule has 0 radical (unpaired) electrons. The maximum Gasteiger partial charge on any atom is 0.242 e. The summed E-state index contributed by atoms with van der Waals surface area (Å²) in [5, 5.41) is 0. The summed E-state index contributed by atoms with van der Waals surface area (Å²) in [5.74, 6) is 0.927. The summed E-state index contributed by atoms with van der Waals surface area (Å²) < 4.78 is 10.9. The van der Waals surface area contributed by atoms with Gasteiger partial charge in [0.15, 0.2) is 0 Å². The highest BCUT2D eigenvalue weighted by molar-refractivity contribution is 5.87. The highest BCUT2D eigenvalue weighted by Gasteiger charge is 2.35. The Bertz CT molecular complexity index is 845. The van der Waals surface area contributed by atoms with E-state index in [9.17, 15) is 9.59 Å². The quantitative estimate of drug-likeness (QED) is 0.538. The minimum Gasteiger partial charge on any atom is -0.467 e. The predicted molar refractivity (Wildman–Crippen MR) is 121 cm³/mol. The Kier molecular flexibility index (Phi) is 7.96. The average molecular weight is 440 g/mol. The lowest BCUT2D eigenvalue weighted by Crippen LogP contribution is -2.47. The molecule has 7 heteroatoms. The molecule has 0 bridgehead atoms. The molecule has 0 atom stereocenters. The van der Waals surface area contributed by atoms with Gasteiger partial charge >= 0.3 is 0 Å². The molecule has 1 aliphatic carbocycles. The first-order chi connectivity index (χ1) is 15.7. The Balaban J connectivity index is 1.39. The number of hydrogen-bond donors (Lipinski definition) is 0. The van der Waals surface area contributed by atoms with Crippen LogP contribution in [0.15, 0.2) is 53.1 Å². The molecule has 32 heavy (non-hydrogen) atoms. The molecule has 7 nitrogen and oxygen atoms in total. The van der Waals surface area contributed by atoms with Crippen LogP contribution in [0.5, 0.6) is 0 Å². The van der Waals surface area contributed by atoms with Crippen molar-refractivity contribution in [2.45, 2.75) is 25.8 Å². The molecule has 1 aromatic carbocycles. The summed E-state index contributed by atoms with van der Waals surface area (Å²) in [4.78, 5) is 32.2. The van der Waals surface area contributed by atoms with Crippen LogP contribution in [0.4, 0.5) is 0 Å². The summed E-state index contributed by atoms with van der Waals surface area (Å²) in [5.41, 5.74) is 1.18. The fraction of sp³-hybridized carbons (Fsp3) is 0.520. The number of nitrogens with zero attached hydrogens (tertiary/aromatic N) is 3. The van der Waals surface area contributed by atoms with Gasteiger partial charge in [-0.15, -0.1) is 0 Å². The van der Waals surface area contributed by atoms with E-state index >= 15 is 0 Å². The van der Waals surface area contributed by atoms with Gasteiger partial charge in [0, 0.05) is 38.6 Å². The van der Waals surface area contributed by atoms with Crippen LogP contribution in [0.2, 0.25) is 0 Å². The molecule has 0 unspecified atom stereocenters. The third kappa shape index (κ3) is 6.68. The van der Waals surface area contributed by atoms with Crippen LogP contribution < -0.4 is 0 Å². The van der Waals surface area contributed by atoms with Crippen LogP contribution in [-0.4, -0.2) is 79.0 Å². The number of morpholine rings is 1. The van der Waals surface area contributed by atoms with Crippen LogP contribution in [-0.2, 0) is 27.3 Å². The average Bonchev–Trinajstić information content (AvgIpc) is 3.56. The van der Waals surface area contributed by atoms with Gasteiger partial charge in [-0.05, 0) is 37.0 Å². The predicted octanol–water partition coefficient (Wildman–Crippen LogP) is 2.42. The van der Waals surface area contributed by atoms with Crippen molar-refractivity contribution in [3.8, 4) is 0 Å². The summed E-state index contributed by atoms with van der Waals surface area (Å²) in [6.07, 6.45) is 4.26. The molecule has 2 aromatic rings. The van der Waals surface area contributed by atoms with Crippen molar-refractivity contribution in [2.24, 2.45) is 5.92 Å². The fourth-order valence-corrected chi connectivity index (χ4v) is 4.00. The molecular weight excluding hydrogens is 406 g/mol. The van der Waals surface area contributed by atoms with Gasteiger partial charge in [0.1, 0.15) is 5.76 Å². The summed E-state index contributed by atoms with van der Waals surface area (Å²) >= 11 is 0. The van der Waals surface area contributed by atoms with Crippen LogP contribution in [0, 0.1) is 5.92 Å². The number of hydrogen-bond acceptors (Lipinski definition) is 5. The Hall–Kier alpha value is -2.64. The number of ether oxygens (including phenoxy) is 1. The molecular formula is C25H33N3O4. The van der Waals surface area contributed by atoms with Crippen molar-refractivity contribution in [1.29, 1.82) is 0 Å². The molecule has 1 aliphatic heterocycles. The van der Waals surface area contributed by atoms with E-state index in [1.54, 1.807) is 11.2 Å². The van der Waals surface area contributed by atoms with Crippen molar-refractivity contribution < 1.29 is 18.7 Å². The first kappa shape index (κ1) is 22.6. The van der Waals surface area contributed by atoms with Crippen molar-refractivity contribution in [1.82, 2.24) is 14.7 Å². The van der Waals surface area contributed by atoms with Gasteiger partial charge in [-0.2, -0.15) is 0 Å². The van der Waals surface area contributed by atoms with Gasteiger partial charge < -0.3 is 19.0 Å². The molecule has 1 saturated carbocycles. The third-order valence-corrected chi connectivity index (χ3v) is 6.15. The molecule has 1 saturated heterocycles. The summed E-state index contributed by atoms with van der Waals surface area (Å²) in [7, 11) is 0. The van der Waals surface area contributed by atoms with Crippen molar-refractivity contribution in [2.75, 3.05) is 52.5 Å². The first-order valence-corrected chi connectivity index (χ1v) is 11.6. The summed E-state index contributed by atoms with van der Waals surface area (Å²) in [6.45, 7) is 5.67. The van der Waals surface area contributed by atoms with Gasteiger partial charge in [-0.3, -0.25) is 14.5 Å². The number of rotatable bonds is 11. The van der Waals surface area contributed by atoms with E-state index in [0.717, 1.165) is 57.9 Å². The van der Waals surface area contributed by atoms with Crippen LogP contribution in [0.25, 0.3) is 0 Å². The molecule has 2 fully saturated rings. The lowest BCUT2D eigenvalue weighted by Gasteiger charge is -2.31. The molecule has 4 rings (SSSR count). The Morgan fingerprint density at radius 3 is 2.44 bits per heavy atom. The molecule has 172 valence electrons. The molecule has 0 N–H and O–H groups in total. The second kappa shape index (κ2) is 11.3. The lowest BCUT2D eigenvalue weighted by molar-refractivity contribution is -0.142. The molecule has 2 aliphatic rings. The standard InChI is InChI=1S/C25H33N3O4/c29-24(20-28(25(30)22-8-9-22)13-12-26-14-17-31-18-15-26)27(19-23-7-4-16-32-23)11-10-21-5-2-1-3-6-21/h1-7,16,22H,8-15,17-20H2. The Labute approximate surface area is 189 Å². The molecule has 2 heterocycles. The van der Waals surface area contributed by atoms with Gasteiger partial charge in [0.25, 0.3) is 0 Å². The number of amides is 2. The van der Waals surface area contributed by atoms with E-state index < -0.39 is 0 Å². The van der Waals surface area contributed by atoms with E-state index in [0.29, 0.717) is 19.6 Å². The van der Waals surface area contributed by atoms with Gasteiger partial charge in [-0.1, -0.05) is 30.3 Å². The lowest BCUT2D eigenvalue weighted by atomic mass is 10.1. The number of furan rings is 1. The molecule has 2 amide bonds. The monoisotopic (exact) mass is 439 g/mol. The zero-order valence-corrected chi connectivity index (χ0v) is 18.7. The van der Waals surface area contributed by atoms with Crippen LogP contribution in [0.3, 0.4) is 0 Å². The minimum absolute atomic E-state index is 0.0340. The van der Waals surface area contributed by atoms with Crippen molar-refractivity contribution in [3.63, 3.8) is 0 Å². The van der Waals surface area contributed by atoms with E-state index in [1.165, 1.54) is 5.56 Å². The normalized spacial score (nSPS) is 16.6. The van der Waals surface area contributed by atoms with Gasteiger partial charge in [0.05, 0.1) is 32.6 Å². The Morgan fingerprint density at radius 1 is 0.969 bits per heavy atom. The van der Waals surface area contributed by atoms with E-state index in [1.807, 2.05) is 35.2 Å². The highest BCUT2D eigenvalue weighted by Crippen LogP contribution is 2.31. The second-order valence-corrected chi connectivity index (χ2v) is 8.62. The highest BCUT2D eigenvalue weighted by atomic mass is 16.5. The van der Waals surface area contributed by atoms with E-state index in [2.05, 4.69) is 17.0 Å². The number of benzene rings is 1.